The standard InChI is InChI=1S/C16H11N3O2/c17-9-11-8-15(19-6-2-1-3-14(11)19)10-4-5-12(16(20)21)13(18)7-10/h1-8H,18H2,(H,20,21). The molecule has 0 amide bonds. The summed E-state index contributed by atoms with van der Waals surface area (Å²) in [6.45, 7) is 0. The molecule has 5 heteroatoms. The van der Waals surface area contributed by atoms with E-state index in [2.05, 4.69) is 6.07 Å². The Labute approximate surface area is 120 Å². The van der Waals surface area contributed by atoms with Gasteiger partial charge in [0.15, 0.2) is 0 Å². The first-order valence-corrected chi connectivity index (χ1v) is 6.25. The highest BCUT2D eigenvalue weighted by Gasteiger charge is 2.13. The van der Waals surface area contributed by atoms with Gasteiger partial charge in [0.1, 0.15) is 6.07 Å². The summed E-state index contributed by atoms with van der Waals surface area (Å²) in [4.78, 5) is 11.0. The zero-order valence-electron chi connectivity index (χ0n) is 10.9. The molecular formula is C16H11N3O2. The summed E-state index contributed by atoms with van der Waals surface area (Å²) in [6.07, 6.45) is 1.85. The molecule has 2 aromatic heterocycles. The van der Waals surface area contributed by atoms with Gasteiger partial charge in [0.2, 0.25) is 0 Å². The molecule has 3 N–H and O–H groups in total. The number of nitriles is 1. The molecule has 0 fully saturated rings. The fraction of sp³-hybridized carbons (Fsp3) is 0. The van der Waals surface area contributed by atoms with E-state index in [9.17, 15) is 10.1 Å². The molecule has 0 bridgehead atoms. The number of benzene rings is 1. The van der Waals surface area contributed by atoms with Crippen LogP contribution in [0.25, 0.3) is 16.8 Å². The third-order valence-electron chi connectivity index (χ3n) is 3.37. The maximum atomic E-state index is 11.0. The molecule has 0 radical (unpaired) electrons. The van der Waals surface area contributed by atoms with Crippen LogP contribution in [-0.2, 0) is 0 Å². The molecule has 0 spiro atoms. The average Bonchev–Trinajstić information content (AvgIpc) is 2.85. The number of carboxylic acids is 1. The van der Waals surface area contributed by atoms with Crippen molar-refractivity contribution in [3.8, 4) is 17.3 Å². The number of aromatic nitrogens is 1. The Bertz CT molecular complexity index is 904. The van der Waals surface area contributed by atoms with Gasteiger partial charge in [-0.2, -0.15) is 5.26 Å². The fourth-order valence-electron chi connectivity index (χ4n) is 2.38. The van der Waals surface area contributed by atoms with E-state index in [1.165, 1.54) is 6.07 Å². The Morgan fingerprint density at radius 3 is 2.71 bits per heavy atom. The number of anilines is 1. The van der Waals surface area contributed by atoms with Gasteiger partial charge in [-0.3, -0.25) is 0 Å². The number of fused-ring (bicyclic) bond motifs is 1. The molecule has 21 heavy (non-hydrogen) atoms. The first-order valence-electron chi connectivity index (χ1n) is 6.25. The van der Waals surface area contributed by atoms with Crippen LogP contribution < -0.4 is 5.73 Å². The van der Waals surface area contributed by atoms with Gasteiger partial charge in [-0.05, 0) is 30.3 Å². The lowest BCUT2D eigenvalue weighted by Gasteiger charge is -2.06. The van der Waals surface area contributed by atoms with Gasteiger partial charge >= 0.3 is 5.97 Å². The fourth-order valence-corrected chi connectivity index (χ4v) is 2.38. The van der Waals surface area contributed by atoms with Gasteiger partial charge in [0, 0.05) is 17.4 Å². The Kier molecular flexibility index (Phi) is 2.85. The maximum Gasteiger partial charge on any atom is 0.337 e. The van der Waals surface area contributed by atoms with Crippen LogP contribution in [0.1, 0.15) is 15.9 Å². The lowest BCUT2D eigenvalue weighted by Crippen LogP contribution is -2.02. The van der Waals surface area contributed by atoms with Crippen molar-refractivity contribution in [3.05, 3.63) is 59.8 Å². The van der Waals surface area contributed by atoms with E-state index in [0.29, 0.717) is 5.56 Å². The van der Waals surface area contributed by atoms with E-state index >= 15 is 0 Å². The highest BCUT2D eigenvalue weighted by molar-refractivity contribution is 5.94. The first kappa shape index (κ1) is 12.8. The second kappa shape index (κ2) is 4.69. The van der Waals surface area contributed by atoms with Crippen LogP contribution in [0.2, 0.25) is 0 Å². The normalized spacial score (nSPS) is 10.4. The van der Waals surface area contributed by atoms with Gasteiger partial charge in [-0.15, -0.1) is 0 Å². The van der Waals surface area contributed by atoms with Crippen LogP contribution in [-0.4, -0.2) is 15.5 Å². The van der Waals surface area contributed by atoms with Crippen molar-refractivity contribution in [3.63, 3.8) is 0 Å². The largest absolute Gasteiger partial charge is 0.478 e. The average molecular weight is 277 g/mol. The number of aromatic carboxylic acids is 1. The molecule has 0 saturated carbocycles. The molecule has 3 aromatic rings. The van der Waals surface area contributed by atoms with E-state index < -0.39 is 5.97 Å². The number of nitrogen functional groups attached to an aromatic ring is 1. The number of hydrogen-bond donors (Lipinski definition) is 2. The van der Waals surface area contributed by atoms with Gasteiger partial charge in [-0.25, -0.2) is 4.79 Å². The number of nitrogens with zero attached hydrogens (tertiary/aromatic N) is 2. The molecule has 5 nitrogen and oxygen atoms in total. The van der Waals surface area contributed by atoms with Crippen LogP contribution >= 0.6 is 0 Å². The minimum Gasteiger partial charge on any atom is -0.478 e. The second-order valence-electron chi connectivity index (χ2n) is 4.62. The van der Waals surface area contributed by atoms with E-state index in [0.717, 1.165) is 16.8 Å². The number of pyridine rings is 1. The molecule has 0 aliphatic rings. The lowest BCUT2D eigenvalue weighted by atomic mass is 10.1. The molecule has 0 saturated heterocycles. The quantitative estimate of drug-likeness (QED) is 0.704. The van der Waals surface area contributed by atoms with Crippen molar-refractivity contribution in [2.45, 2.75) is 0 Å². The van der Waals surface area contributed by atoms with Crippen LogP contribution in [0, 0.1) is 11.3 Å². The highest BCUT2D eigenvalue weighted by Crippen LogP contribution is 2.28. The smallest absolute Gasteiger partial charge is 0.337 e. The van der Waals surface area contributed by atoms with Gasteiger partial charge < -0.3 is 15.2 Å². The zero-order valence-corrected chi connectivity index (χ0v) is 10.9. The van der Waals surface area contributed by atoms with Crippen molar-refractivity contribution in [2.24, 2.45) is 0 Å². The molecule has 3 rings (SSSR count). The minimum atomic E-state index is -1.06. The molecule has 0 atom stereocenters. The van der Waals surface area contributed by atoms with E-state index in [4.69, 9.17) is 10.8 Å². The van der Waals surface area contributed by atoms with Crippen molar-refractivity contribution in [1.82, 2.24) is 4.40 Å². The molecule has 1 aromatic carbocycles. The number of carbonyl (C=O) groups is 1. The van der Waals surface area contributed by atoms with Gasteiger partial charge in [0.25, 0.3) is 0 Å². The summed E-state index contributed by atoms with van der Waals surface area (Å²) >= 11 is 0. The number of rotatable bonds is 2. The molecular weight excluding hydrogens is 266 g/mol. The zero-order chi connectivity index (χ0) is 15.0. The van der Waals surface area contributed by atoms with Gasteiger partial charge in [-0.1, -0.05) is 12.1 Å². The summed E-state index contributed by atoms with van der Waals surface area (Å²) in [5.74, 6) is -1.06. The Morgan fingerprint density at radius 1 is 1.24 bits per heavy atom. The third-order valence-corrected chi connectivity index (χ3v) is 3.37. The molecule has 0 unspecified atom stereocenters. The highest BCUT2D eigenvalue weighted by atomic mass is 16.4. The molecule has 102 valence electrons. The number of nitrogens with two attached hydrogens (primary N) is 1. The van der Waals surface area contributed by atoms with E-state index in [1.807, 2.05) is 28.8 Å². The maximum absolute atomic E-state index is 11.0. The Balaban J connectivity index is 2.24. The summed E-state index contributed by atoms with van der Waals surface area (Å²) in [7, 11) is 0. The lowest BCUT2D eigenvalue weighted by molar-refractivity contribution is 0.0698. The van der Waals surface area contributed by atoms with Gasteiger partial charge in [0.05, 0.1) is 22.3 Å². The molecule has 0 aliphatic heterocycles. The van der Waals surface area contributed by atoms with E-state index in [-0.39, 0.29) is 11.3 Å². The van der Waals surface area contributed by atoms with Crippen LogP contribution in [0.3, 0.4) is 0 Å². The van der Waals surface area contributed by atoms with Crippen molar-refractivity contribution < 1.29 is 9.90 Å². The monoisotopic (exact) mass is 277 g/mol. The van der Waals surface area contributed by atoms with Crippen LogP contribution in [0.15, 0.2) is 48.7 Å². The molecule has 0 aliphatic carbocycles. The number of carboxylic acid groups (broad SMARTS) is 1. The second-order valence-corrected chi connectivity index (χ2v) is 4.62. The predicted octanol–water partition coefficient (Wildman–Crippen LogP) is 2.76. The van der Waals surface area contributed by atoms with Crippen molar-refractivity contribution in [2.75, 3.05) is 5.73 Å². The number of hydrogen-bond acceptors (Lipinski definition) is 3. The summed E-state index contributed by atoms with van der Waals surface area (Å²) in [5, 5.41) is 18.2. The summed E-state index contributed by atoms with van der Waals surface area (Å²) < 4.78 is 1.88. The third kappa shape index (κ3) is 1.99. The Hall–Kier alpha value is -3.26. The topological polar surface area (TPSA) is 91.5 Å². The Morgan fingerprint density at radius 2 is 2.05 bits per heavy atom. The van der Waals surface area contributed by atoms with Crippen molar-refractivity contribution >= 4 is 17.2 Å². The SMILES string of the molecule is N#Cc1cc(-c2ccc(C(=O)O)c(N)c2)n2ccccc12. The minimum absolute atomic E-state index is 0.0696. The van der Waals surface area contributed by atoms with Crippen LogP contribution in [0.4, 0.5) is 5.69 Å². The van der Waals surface area contributed by atoms with Crippen molar-refractivity contribution in [1.29, 1.82) is 5.26 Å². The molecule has 2 heterocycles. The van der Waals surface area contributed by atoms with E-state index in [1.54, 1.807) is 18.2 Å². The van der Waals surface area contributed by atoms with Crippen LogP contribution in [0.5, 0.6) is 0 Å². The first-order chi connectivity index (χ1) is 10.1. The summed E-state index contributed by atoms with van der Waals surface area (Å²) in [6, 6.07) is 14.3. The predicted molar refractivity (Wildman–Crippen MR) is 78.9 cm³/mol. The summed E-state index contributed by atoms with van der Waals surface area (Å²) in [5.41, 5.74) is 8.98.